The van der Waals surface area contributed by atoms with E-state index in [-0.39, 0.29) is 5.91 Å². The van der Waals surface area contributed by atoms with Gasteiger partial charge in [-0.3, -0.25) is 9.78 Å². The molecule has 104 valence electrons. The molecule has 0 spiro atoms. The van der Waals surface area contributed by atoms with Gasteiger partial charge in [-0.1, -0.05) is 18.2 Å². The lowest BCUT2D eigenvalue weighted by molar-refractivity contribution is 0.0951. The van der Waals surface area contributed by atoms with Crippen LogP contribution in [0.25, 0.3) is 11.3 Å². The molecule has 0 saturated heterocycles. The highest BCUT2D eigenvalue weighted by Gasteiger charge is 2.13. The van der Waals surface area contributed by atoms with Gasteiger partial charge in [-0.25, -0.2) is 0 Å². The zero-order valence-electron chi connectivity index (χ0n) is 11.3. The molecule has 1 aromatic carbocycles. The van der Waals surface area contributed by atoms with Gasteiger partial charge in [-0.15, -0.1) is 0 Å². The second kappa shape index (κ2) is 6.05. The smallest absolute Gasteiger partial charge is 0.252 e. The van der Waals surface area contributed by atoms with Gasteiger partial charge in [-0.2, -0.15) is 0 Å². The molecule has 4 nitrogen and oxygen atoms in total. The second-order valence-electron chi connectivity index (χ2n) is 4.56. The molecular weight excluding hydrogens is 264 g/mol. The second-order valence-corrected chi connectivity index (χ2v) is 4.56. The molecule has 0 aliphatic carbocycles. The van der Waals surface area contributed by atoms with Gasteiger partial charge >= 0.3 is 0 Å². The molecule has 1 amide bonds. The van der Waals surface area contributed by atoms with Crippen molar-refractivity contribution in [3.05, 3.63) is 78.3 Å². The first-order valence-corrected chi connectivity index (χ1v) is 6.64. The van der Waals surface area contributed by atoms with E-state index in [4.69, 9.17) is 4.42 Å². The van der Waals surface area contributed by atoms with Crippen LogP contribution in [-0.4, -0.2) is 10.9 Å². The fourth-order valence-electron chi connectivity index (χ4n) is 2.11. The summed E-state index contributed by atoms with van der Waals surface area (Å²) in [7, 11) is 0. The molecule has 3 rings (SSSR count). The Morgan fingerprint density at radius 2 is 1.86 bits per heavy atom. The third kappa shape index (κ3) is 3.00. The molecule has 4 heteroatoms. The summed E-state index contributed by atoms with van der Waals surface area (Å²) in [6.07, 6.45) is 5.01. The first-order valence-electron chi connectivity index (χ1n) is 6.64. The summed E-state index contributed by atoms with van der Waals surface area (Å²) in [5.41, 5.74) is 2.39. The normalized spacial score (nSPS) is 10.3. The third-order valence-corrected chi connectivity index (χ3v) is 3.16. The Labute approximate surface area is 122 Å². The molecule has 0 aliphatic heterocycles. The number of furan rings is 1. The highest BCUT2D eigenvalue weighted by molar-refractivity contribution is 6.00. The van der Waals surface area contributed by atoms with Crippen LogP contribution in [0, 0.1) is 0 Å². The number of aromatic nitrogens is 1. The van der Waals surface area contributed by atoms with Crippen LogP contribution >= 0.6 is 0 Å². The first kappa shape index (κ1) is 13.1. The minimum atomic E-state index is -0.126. The predicted molar refractivity (Wildman–Crippen MR) is 79.6 cm³/mol. The number of pyridine rings is 1. The maximum atomic E-state index is 12.4. The van der Waals surface area contributed by atoms with E-state index in [9.17, 15) is 4.79 Å². The standard InChI is InChI=1S/C17H14N2O2/c20-17(19-12-13-7-9-18-10-8-13)15-5-2-1-4-14(15)16-6-3-11-21-16/h1-11H,12H2,(H,19,20). The number of carbonyl (C=O) groups is 1. The van der Waals surface area contributed by atoms with Crippen molar-refractivity contribution in [3.8, 4) is 11.3 Å². The zero-order valence-corrected chi connectivity index (χ0v) is 11.3. The molecule has 2 aromatic heterocycles. The van der Waals surface area contributed by atoms with E-state index in [1.165, 1.54) is 0 Å². The van der Waals surface area contributed by atoms with Crippen molar-refractivity contribution < 1.29 is 9.21 Å². The average Bonchev–Trinajstić information content (AvgIpc) is 3.08. The van der Waals surface area contributed by atoms with Crippen molar-refractivity contribution >= 4 is 5.91 Å². The minimum absolute atomic E-state index is 0.126. The quantitative estimate of drug-likeness (QED) is 0.797. The van der Waals surface area contributed by atoms with Crippen molar-refractivity contribution in [2.75, 3.05) is 0 Å². The Hall–Kier alpha value is -2.88. The summed E-state index contributed by atoms with van der Waals surface area (Å²) in [5, 5.41) is 2.91. The van der Waals surface area contributed by atoms with Crippen LogP contribution in [0.4, 0.5) is 0 Å². The Balaban J connectivity index is 1.79. The van der Waals surface area contributed by atoms with Crippen molar-refractivity contribution in [1.82, 2.24) is 10.3 Å². The van der Waals surface area contributed by atoms with Crippen LogP contribution in [-0.2, 0) is 6.54 Å². The molecule has 0 fully saturated rings. The van der Waals surface area contributed by atoms with Gasteiger partial charge in [0.2, 0.25) is 0 Å². The minimum Gasteiger partial charge on any atom is -0.464 e. The lowest BCUT2D eigenvalue weighted by atomic mass is 10.0. The summed E-state index contributed by atoms with van der Waals surface area (Å²) in [4.78, 5) is 16.3. The molecule has 3 aromatic rings. The summed E-state index contributed by atoms with van der Waals surface area (Å²) in [6, 6.07) is 14.8. The summed E-state index contributed by atoms with van der Waals surface area (Å²) < 4.78 is 5.38. The molecule has 1 N–H and O–H groups in total. The van der Waals surface area contributed by atoms with Gasteiger partial charge in [0.15, 0.2) is 0 Å². The van der Waals surface area contributed by atoms with Crippen molar-refractivity contribution in [3.63, 3.8) is 0 Å². The van der Waals surface area contributed by atoms with Crippen molar-refractivity contribution in [1.29, 1.82) is 0 Å². The topological polar surface area (TPSA) is 55.1 Å². The van der Waals surface area contributed by atoms with Crippen LogP contribution < -0.4 is 5.32 Å². The Bertz CT molecular complexity index is 722. The van der Waals surface area contributed by atoms with E-state index in [2.05, 4.69) is 10.3 Å². The third-order valence-electron chi connectivity index (χ3n) is 3.16. The maximum Gasteiger partial charge on any atom is 0.252 e. The number of amides is 1. The van der Waals surface area contributed by atoms with E-state index in [1.807, 2.05) is 36.4 Å². The highest BCUT2D eigenvalue weighted by atomic mass is 16.3. The highest BCUT2D eigenvalue weighted by Crippen LogP contribution is 2.23. The number of nitrogens with one attached hydrogen (secondary N) is 1. The number of benzene rings is 1. The maximum absolute atomic E-state index is 12.4. The lowest BCUT2D eigenvalue weighted by Crippen LogP contribution is -2.23. The molecule has 0 bridgehead atoms. The fourth-order valence-corrected chi connectivity index (χ4v) is 2.11. The van der Waals surface area contributed by atoms with Crippen LogP contribution in [0.1, 0.15) is 15.9 Å². The van der Waals surface area contributed by atoms with Crippen LogP contribution in [0.3, 0.4) is 0 Å². The van der Waals surface area contributed by atoms with Gasteiger partial charge in [0.05, 0.1) is 11.8 Å². The van der Waals surface area contributed by atoms with Crippen molar-refractivity contribution in [2.24, 2.45) is 0 Å². The Morgan fingerprint density at radius 1 is 1.05 bits per heavy atom. The number of hydrogen-bond acceptors (Lipinski definition) is 3. The number of hydrogen-bond donors (Lipinski definition) is 1. The Morgan fingerprint density at radius 3 is 2.62 bits per heavy atom. The van der Waals surface area contributed by atoms with Crippen LogP contribution in [0.5, 0.6) is 0 Å². The van der Waals surface area contributed by atoms with Crippen LogP contribution in [0.15, 0.2) is 71.6 Å². The first-order chi connectivity index (χ1) is 10.3. The fraction of sp³-hybridized carbons (Fsp3) is 0.0588. The molecule has 0 saturated carbocycles. The lowest BCUT2D eigenvalue weighted by Gasteiger charge is -2.08. The largest absolute Gasteiger partial charge is 0.464 e. The average molecular weight is 278 g/mol. The van der Waals surface area contributed by atoms with Crippen molar-refractivity contribution in [2.45, 2.75) is 6.54 Å². The van der Waals surface area contributed by atoms with Gasteiger partial charge < -0.3 is 9.73 Å². The van der Waals surface area contributed by atoms with Gasteiger partial charge in [0.1, 0.15) is 5.76 Å². The molecule has 0 atom stereocenters. The number of rotatable bonds is 4. The Kier molecular flexibility index (Phi) is 3.78. The summed E-state index contributed by atoms with van der Waals surface area (Å²) >= 11 is 0. The molecule has 0 radical (unpaired) electrons. The number of carbonyl (C=O) groups excluding carboxylic acids is 1. The molecular formula is C17H14N2O2. The van der Waals surface area contributed by atoms with E-state index in [1.54, 1.807) is 30.8 Å². The molecule has 21 heavy (non-hydrogen) atoms. The number of nitrogens with zero attached hydrogens (tertiary/aromatic N) is 1. The van der Waals surface area contributed by atoms with Crippen LogP contribution in [0.2, 0.25) is 0 Å². The zero-order chi connectivity index (χ0) is 14.5. The molecule has 2 heterocycles. The SMILES string of the molecule is O=C(NCc1ccncc1)c1ccccc1-c1ccco1. The predicted octanol–water partition coefficient (Wildman–Crippen LogP) is 3.27. The molecule has 0 aliphatic rings. The van der Waals surface area contributed by atoms with E-state index >= 15 is 0 Å². The molecule has 0 unspecified atom stereocenters. The monoisotopic (exact) mass is 278 g/mol. The van der Waals surface area contributed by atoms with Gasteiger partial charge in [0.25, 0.3) is 5.91 Å². The van der Waals surface area contributed by atoms with Gasteiger partial charge in [0, 0.05) is 24.5 Å². The van der Waals surface area contributed by atoms with E-state index in [0.29, 0.717) is 17.9 Å². The summed E-state index contributed by atoms with van der Waals surface area (Å²) in [5.74, 6) is 0.559. The van der Waals surface area contributed by atoms with Gasteiger partial charge in [-0.05, 0) is 35.9 Å². The van der Waals surface area contributed by atoms with E-state index < -0.39 is 0 Å². The van der Waals surface area contributed by atoms with E-state index in [0.717, 1.165) is 11.1 Å². The summed E-state index contributed by atoms with van der Waals surface area (Å²) in [6.45, 7) is 0.466.